The Labute approximate surface area is 81.7 Å². The van der Waals surface area contributed by atoms with Crippen LogP contribution in [0, 0.1) is 0 Å². The molecule has 0 aliphatic carbocycles. The van der Waals surface area contributed by atoms with Gasteiger partial charge in [-0.1, -0.05) is 6.08 Å². The van der Waals surface area contributed by atoms with Gasteiger partial charge < -0.3 is 10.1 Å². The Hall–Kier alpha value is -1.99. The number of ether oxygens (including phenoxy) is 1. The molecule has 1 heterocycles. The van der Waals surface area contributed by atoms with Crippen molar-refractivity contribution < 1.29 is 9.53 Å². The first-order valence-corrected chi connectivity index (χ1v) is 4.22. The molecule has 0 saturated carbocycles. The Kier molecular flexibility index (Phi) is 2.09. The summed E-state index contributed by atoms with van der Waals surface area (Å²) in [5, 5.41) is 2.95. The number of carbonyl (C=O) groups excluding carboxylic acids is 1. The number of allylic oxidation sites excluding steroid dienone is 1. The lowest BCUT2D eigenvalue weighted by atomic mass is 10.1. The van der Waals surface area contributed by atoms with Gasteiger partial charge in [-0.15, -0.1) is 0 Å². The second-order valence-electron chi connectivity index (χ2n) is 2.93. The summed E-state index contributed by atoms with van der Waals surface area (Å²) < 4.78 is 5.08. The molecule has 1 aliphatic rings. The molecule has 0 radical (unpaired) electrons. The summed E-state index contributed by atoms with van der Waals surface area (Å²) in [5.74, 6) is 2.57. The highest BCUT2D eigenvalue weighted by atomic mass is 16.5. The molecule has 14 heavy (non-hydrogen) atoms. The average molecular weight is 187 g/mol. The van der Waals surface area contributed by atoms with Crippen LogP contribution in [0.1, 0.15) is 5.56 Å². The molecule has 0 fully saturated rings. The first kappa shape index (κ1) is 8.60. The van der Waals surface area contributed by atoms with Crippen molar-refractivity contribution in [2.75, 3.05) is 12.4 Å². The van der Waals surface area contributed by atoms with Gasteiger partial charge in [0.2, 0.25) is 0 Å². The zero-order valence-electron chi connectivity index (χ0n) is 7.70. The van der Waals surface area contributed by atoms with Gasteiger partial charge in [0.25, 0.3) is 0 Å². The molecule has 1 aromatic carbocycles. The zero-order chi connectivity index (χ0) is 9.97. The number of hydrogen-bond donors (Lipinski definition) is 1. The highest BCUT2D eigenvalue weighted by Crippen LogP contribution is 2.27. The molecule has 2 rings (SSSR count). The van der Waals surface area contributed by atoms with Gasteiger partial charge in [-0.05, 0) is 23.8 Å². The van der Waals surface area contributed by atoms with Crippen molar-refractivity contribution in [1.82, 2.24) is 0 Å². The highest BCUT2D eigenvalue weighted by Gasteiger charge is 2.07. The van der Waals surface area contributed by atoms with Crippen LogP contribution in [0.5, 0.6) is 5.75 Å². The molecular formula is C11H9NO2. The maximum absolute atomic E-state index is 10.4. The fraction of sp³-hybridized carbons (Fsp3) is 0.0909. The van der Waals surface area contributed by atoms with Crippen LogP contribution in [0.3, 0.4) is 0 Å². The molecule has 0 aromatic heterocycles. The van der Waals surface area contributed by atoms with Crippen LogP contribution in [0.15, 0.2) is 30.0 Å². The average Bonchev–Trinajstić information content (AvgIpc) is 2.27. The molecular weight excluding hydrogens is 178 g/mol. The molecule has 70 valence electrons. The maximum atomic E-state index is 10.4. The molecule has 3 nitrogen and oxygen atoms in total. The predicted molar refractivity (Wildman–Crippen MR) is 54.9 cm³/mol. The number of fused-ring (bicyclic) bond motifs is 1. The first-order valence-electron chi connectivity index (χ1n) is 4.22. The van der Waals surface area contributed by atoms with Gasteiger partial charge in [0, 0.05) is 6.07 Å². The van der Waals surface area contributed by atoms with Gasteiger partial charge in [0.1, 0.15) is 11.4 Å². The van der Waals surface area contributed by atoms with Crippen LogP contribution in [-0.2, 0) is 4.79 Å². The number of nitrogens with one attached hydrogen (secondary N) is 1. The second-order valence-corrected chi connectivity index (χ2v) is 2.93. The van der Waals surface area contributed by atoms with Crippen molar-refractivity contribution in [3.05, 3.63) is 35.5 Å². The smallest absolute Gasteiger partial charge is 0.150 e. The zero-order valence-corrected chi connectivity index (χ0v) is 7.70. The van der Waals surface area contributed by atoms with Crippen LogP contribution in [-0.4, -0.2) is 13.1 Å². The third kappa shape index (κ3) is 1.41. The minimum atomic E-state index is 0.436. The Morgan fingerprint density at radius 2 is 2.21 bits per heavy atom. The van der Waals surface area contributed by atoms with Crippen LogP contribution in [0.25, 0.3) is 6.08 Å². The van der Waals surface area contributed by atoms with Gasteiger partial charge in [-0.25, -0.2) is 4.79 Å². The van der Waals surface area contributed by atoms with E-state index in [0.717, 1.165) is 17.0 Å². The molecule has 1 N–H and O–H groups in total. The maximum Gasteiger partial charge on any atom is 0.150 e. The first-order chi connectivity index (χ1) is 6.83. The van der Waals surface area contributed by atoms with Gasteiger partial charge in [0.15, 0.2) is 5.94 Å². The van der Waals surface area contributed by atoms with Crippen molar-refractivity contribution >= 4 is 17.7 Å². The highest BCUT2D eigenvalue weighted by molar-refractivity contribution is 5.80. The van der Waals surface area contributed by atoms with Gasteiger partial charge in [0.05, 0.1) is 12.8 Å². The number of benzene rings is 1. The van der Waals surface area contributed by atoms with E-state index in [1.165, 1.54) is 0 Å². The van der Waals surface area contributed by atoms with Crippen LogP contribution in [0.4, 0.5) is 5.69 Å². The molecule has 0 unspecified atom stereocenters. The topological polar surface area (TPSA) is 38.3 Å². The molecule has 3 heteroatoms. The number of methoxy groups -OCH3 is 1. The monoisotopic (exact) mass is 187 g/mol. The fourth-order valence-corrected chi connectivity index (χ4v) is 1.34. The number of anilines is 1. The van der Waals surface area contributed by atoms with Gasteiger partial charge in [-0.3, -0.25) is 0 Å². The predicted octanol–water partition coefficient (Wildman–Crippen LogP) is 1.85. The molecule has 1 aliphatic heterocycles. The van der Waals surface area contributed by atoms with E-state index in [0.29, 0.717) is 5.70 Å². The van der Waals surface area contributed by atoms with Crippen LogP contribution in [0.2, 0.25) is 0 Å². The third-order valence-electron chi connectivity index (χ3n) is 2.07. The molecule has 0 spiro atoms. The van der Waals surface area contributed by atoms with E-state index in [-0.39, 0.29) is 0 Å². The third-order valence-corrected chi connectivity index (χ3v) is 2.07. The van der Waals surface area contributed by atoms with Crippen molar-refractivity contribution in [1.29, 1.82) is 0 Å². The minimum absolute atomic E-state index is 0.436. The minimum Gasteiger partial charge on any atom is -0.497 e. The molecule has 0 saturated heterocycles. The number of rotatable bonds is 1. The second kappa shape index (κ2) is 3.40. The van der Waals surface area contributed by atoms with E-state index in [2.05, 4.69) is 5.32 Å². The van der Waals surface area contributed by atoms with E-state index in [1.54, 1.807) is 13.2 Å². The van der Waals surface area contributed by atoms with E-state index in [1.807, 2.05) is 30.2 Å². The van der Waals surface area contributed by atoms with Crippen molar-refractivity contribution in [2.24, 2.45) is 0 Å². The van der Waals surface area contributed by atoms with E-state index in [4.69, 9.17) is 4.74 Å². The van der Waals surface area contributed by atoms with E-state index in [9.17, 15) is 4.79 Å². The number of hydrogen-bond acceptors (Lipinski definition) is 3. The summed E-state index contributed by atoms with van der Waals surface area (Å²) in [5.41, 5.74) is 2.33. The van der Waals surface area contributed by atoms with Gasteiger partial charge in [-0.2, -0.15) is 0 Å². The SMILES string of the molecule is COc1ccc2c(c1)NC(=C=O)C=C2. The van der Waals surface area contributed by atoms with Crippen LogP contribution < -0.4 is 10.1 Å². The molecule has 0 atom stereocenters. The summed E-state index contributed by atoms with van der Waals surface area (Å²) in [4.78, 5) is 10.4. The summed E-state index contributed by atoms with van der Waals surface area (Å²) in [6.45, 7) is 0. The normalized spacial score (nSPS) is 12.8. The lowest BCUT2D eigenvalue weighted by Gasteiger charge is -2.14. The summed E-state index contributed by atoms with van der Waals surface area (Å²) in [6, 6.07) is 5.65. The quantitative estimate of drug-likeness (QED) is 0.682. The molecule has 0 bridgehead atoms. The summed E-state index contributed by atoms with van der Waals surface area (Å²) in [6.07, 6.45) is 3.56. The lowest BCUT2D eigenvalue weighted by Crippen LogP contribution is -2.03. The largest absolute Gasteiger partial charge is 0.497 e. The Morgan fingerprint density at radius 3 is 2.93 bits per heavy atom. The standard InChI is InChI=1S/C11H9NO2/c1-14-10-5-3-8-2-4-9(7-13)12-11(8)6-10/h2-6,12H,1H3. The van der Waals surface area contributed by atoms with Gasteiger partial charge >= 0.3 is 0 Å². The van der Waals surface area contributed by atoms with Crippen molar-refractivity contribution in [3.8, 4) is 5.75 Å². The Morgan fingerprint density at radius 1 is 1.36 bits per heavy atom. The summed E-state index contributed by atoms with van der Waals surface area (Å²) >= 11 is 0. The Balaban J connectivity index is 2.47. The van der Waals surface area contributed by atoms with E-state index >= 15 is 0 Å². The van der Waals surface area contributed by atoms with E-state index < -0.39 is 0 Å². The molecule has 0 amide bonds. The fourth-order valence-electron chi connectivity index (χ4n) is 1.34. The molecule has 1 aromatic rings. The summed E-state index contributed by atoms with van der Waals surface area (Å²) in [7, 11) is 1.61. The van der Waals surface area contributed by atoms with Crippen molar-refractivity contribution in [3.63, 3.8) is 0 Å². The van der Waals surface area contributed by atoms with Crippen molar-refractivity contribution in [2.45, 2.75) is 0 Å². The Bertz CT molecular complexity index is 443. The lowest BCUT2D eigenvalue weighted by molar-refractivity contribution is 0.415. The van der Waals surface area contributed by atoms with Crippen LogP contribution >= 0.6 is 0 Å².